The molecule has 11 heteroatoms. The Balaban J connectivity index is 1.43. The molecule has 0 bridgehead atoms. The van der Waals surface area contributed by atoms with Crippen LogP contribution in [-0.4, -0.2) is 72.1 Å². The van der Waals surface area contributed by atoms with Gasteiger partial charge in [-0.1, -0.05) is 0 Å². The van der Waals surface area contributed by atoms with Gasteiger partial charge in [0.1, 0.15) is 17.0 Å². The number of alkyl halides is 2. The SMILES string of the molecule is C[C@@H]1CNC(=O)c2cc3ccc(C(=O)Nc4ccc(N5CCN(C)C[C@@H]5C)cc4OC(F)F)nc3n21. The fourth-order valence-electron chi connectivity index (χ4n) is 4.96. The maximum atomic E-state index is 13.2. The minimum absolute atomic E-state index is 0.0310. The molecule has 0 radical (unpaired) electrons. The van der Waals surface area contributed by atoms with Gasteiger partial charge in [-0.15, -0.1) is 0 Å². The normalized spacial score (nSPS) is 20.4. The molecule has 2 aromatic heterocycles. The van der Waals surface area contributed by atoms with Gasteiger partial charge in [-0.05, 0) is 51.2 Å². The molecule has 1 aromatic carbocycles. The number of carbonyl (C=O) groups excluding carboxylic acids is 2. The highest BCUT2D eigenvalue weighted by Gasteiger charge is 2.27. The first kappa shape index (κ1) is 24.0. The summed E-state index contributed by atoms with van der Waals surface area (Å²) < 4.78 is 33.0. The fourth-order valence-corrected chi connectivity index (χ4v) is 4.96. The number of fused-ring (bicyclic) bond motifs is 3. The molecule has 36 heavy (non-hydrogen) atoms. The molecule has 5 rings (SSSR count). The highest BCUT2D eigenvalue weighted by atomic mass is 19.3. The Bertz CT molecular complexity index is 1330. The standard InChI is InChI=1S/C25H28F2N6O3/c1-14-12-28-24(35)20-10-16-4-6-19(29-22(16)33(14)20)23(34)30-18-7-5-17(11-21(18)36-25(26)27)32-9-8-31(3)13-15(32)2/h4-7,10-11,14-15,25H,8-9,12-13H2,1-3H3,(H,28,35)(H,30,34)/t14-,15+/m1/s1. The first-order valence-corrected chi connectivity index (χ1v) is 11.9. The average molecular weight is 499 g/mol. The number of nitrogens with one attached hydrogen (secondary N) is 2. The number of hydrogen-bond donors (Lipinski definition) is 2. The minimum atomic E-state index is -3.05. The first-order valence-electron chi connectivity index (χ1n) is 11.9. The number of carbonyl (C=O) groups is 2. The van der Waals surface area contributed by atoms with Crippen molar-refractivity contribution in [3.8, 4) is 5.75 Å². The number of nitrogens with zero attached hydrogens (tertiary/aromatic N) is 4. The third kappa shape index (κ3) is 4.46. The van der Waals surface area contributed by atoms with Crippen LogP contribution in [0.4, 0.5) is 20.2 Å². The van der Waals surface area contributed by atoms with Crippen molar-refractivity contribution in [1.29, 1.82) is 0 Å². The van der Waals surface area contributed by atoms with Gasteiger partial charge < -0.3 is 29.7 Å². The van der Waals surface area contributed by atoms with E-state index < -0.39 is 12.5 Å². The summed E-state index contributed by atoms with van der Waals surface area (Å²) in [5, 5.41) is 6.22. The van der Waals surface area contributed by atoms with Gasteiger partial charge in [-0.3, -0.25) is 9.59 Å². The van der Waals surface area contributed by atoms with Crippen LogP contribution in [0.1, 0.15) is 40.9 Å². The van der Waals surface area contributed by atoms with E-state index in [0.29, 0.717) is 17.9 Å². The average Bonchev–Trinajstić information content (AvgIpc) is 3.22. The topological polar surface area (TPSA) is 91.7 Å². The predicted molar refractivity (Wildman–Crippen MR) is 132 cm³/mol. The summed E-state index contributed by atoms with van der Waals surface area (Å²) in [7, 11) is 2.04. The summed E-state index contributed by atoms with van der Waals surface area (Å²) in [6.45, 7) is 3.89. The number of amides is 2. The van der Waals surface area contributed by atoms with E-state index in [1.165, 1.54) is 6.07 Å². The lowest BCUT2D eigenvalue weighted by molar-refractivity contribution is -0.0493. The van der Waals surface area contributed by atoms with Gasteiger partial charge in [0.2, 0.25) is 0 Å². The molecule has 2 N–H and O–H groups in total. The van der Waals surface area contributed by atoms with Crippen molar-refractivity contribution in [3.63, 3.8) is 0 Å². The molecule has 0 saturated carbocycles. The molecule has 0 spiro atoms. The lowest BCUT2D eigenvalue weighted by Gasteiger charge is -2.40. The molecule has 3 aromatic rings. The zero-order chi connectivity index (χ0) is 25.6. The molecule has 190 valence electrons. The second-order valence-electron chi connectivity index (χ2n) is 9.39. The predicted octanol–water partition coefficient (Wildman–Crippen LogP) is 3.33. The van der Waals surface area contributed by atoms with Crippen molar-refractivity contribution in [2.75, 3.05) is 43.4 Å². The number of halogens is 2. The zero-order valence-corrected chi connectivity index (χ0v) is 20.3. The van der Waals surface area contributed by atoms with E-state index in [9.17, 15) is 18.4 Å². The summed E-state index contributed by atoms with van der Waals surface area (Å²) in [6, 6.07) is 10.0. The van der Waals surface area contributed by atoms with E-state index in [1.54, 1.807) is 30.3 Å². The maximum Gasteiger partial charge on any atom is 0.387 e. The number of piperazine rings is 1. The van der Waals surface area contributed by atoms with Crippen LogP contribution >= 0.6 is 0 Å². The molecule has 0 aliphatic carbocycles. The molecule has 2 aliphatic rings. The van der Waals surface area contributed by atoms with Crippen molar-refractivity contribution in [2.45, 2.75) is 32.5 Å². The van der Waals surface area contributed by atoms with Gasteiger partial charge >= 0.3 is 6.61 Å². The highest BCUT2D eigenvalue weighted by molar-refractivity contribution is 6.05. The Labute approximate surface area is 207 Å². The van der Waals surface area contributed by atoms with Gasteiger partial charge in [-0.2, -0.15) is 8.78 Å². The Morgan fingerprint density at radius 1 is 1.17 bits per heavy atom. The number of aromatic nitrogens is 2. The van der Waals surface area contributed by atoms with Crippen LogP contribution in [0.2, 0.25) is 0 Å². The molecular weight excluding hydrogens is 470 g/mol. The van der Waals surface area contributed by atoms with Crippen LogP contribution in [0.5, 0.6) is 5.75 Å². The van der Waals surface area contributed by atoms with Crippen LogP contribution in [0.15, 0.2) is 36.4 Å². The second kappa shape index (κ2) is 9.38. The Morgan fingerprint density at radius 3 is 2.72 bits per heavy atom. The summed E-state index contributed by atoms with van der Waals surface area (Å²) in [6.07, 6.45) is 0. The molecular formula is C25H28F2N6O3. The zero-order valence-electron chi connectivity index (χ0n) is 20.3. The largest absolute Gasteiger partial charge is 0.433 e. The number of rotatable bonds is 5. The molecule has 2 atom stereocenters. The van der Waals surface area contributed by atoms with Gasteiger partial charge in [0.15, 0.2) is 5.75 Å². The van der Waals surface area contributed by atoms with Crippen molar-refractivity contribution in [1.82, 2.24) is 19.8 Å². The van der Waals surface area contributed by atoms with Crippen LogP contribution in [0.25, 0.3) is 11.0 Å². The molecule has 1 saturated heterocycles. The van der Waals surface area contributed by atoms with Crippen molar-refractivity contribution < 1.29 is 23.1 Å². The van der Waals surface area contributed by atoms with Crippen LogP contribution < -0.4 is 20.3 Å². The maximum absolute atomic E-state index is 13.2. The first-order chi connectivity index (χ1) is 17.2. The number of anilines is 2. The summed E-state index contributed by atoms with van der Waals surface area (Å²) in [5.41, 5.74) is 1.97. The number of benzene rings is 1. The molecule has 4 heterocycles. The summed E-state index contributed by atoms with van der Waals surface area (Å²) >= 11 is 0. The van der Waals surface area contributed by atoms with Gasteiger partial charge in [-0.25, -0.2) is 4.98 Å². The number of ether oxygens (including phenoxy) is 1. The van der Waals surface area contributed by atoms with Crippen molar-refractivity contribution in [2.24, 2.45) is 0 Å². The monoisotopic (exact) mass is 498 g/mol. The highest BCUT2D eigenvalue weighted by Crippen LogP contribution is 2.33. The summed E-state index contributed by atoms with van der Waals surface area (Å²) in [4.78, 5) is 34.2. The van der Waals surface area contributed by atoms with Crippen LogP contribution in [0, 0.1) is 0 Å². The lowest BCUT2D eigenvalue weighted by atomic mass is 10.1. The van der Waals surface area contributed by atoms with E-state index in [-0.39, 0.29) is 35.1 Å². The quantitative estimate of drug-likeness (QED) is 0.561. The number of hydrogen-bond acceptors (Lipinski definition) is 6. The van der Waals surface area contributed by atoms with E-state index in [0.717, 1.165) is 30.7 Å². The molecule has 0 unspecified atom stereocenters. The fraction of sp³-hybridized carbons (Fsp3) is 0.400. The smallest absolute Gasteiger partial charge is 0.387 e. The van der Waals surface area contributed by atoms with E-state index in [2.05, 4.69) is 32.3 Å². The molecule has 9 nitrogen and oxygen atoms in total. The Morgan fingerprint density at radius 2 is 1.97 bits per heavy atom. The van der Waals surface area contributed by atoms with Gasteiger partial charge in [0.05, 0.1) is 11.7 Å². The van der Waals surface area contributed by atoms with Crippen molar-refractivity contribution >= 4 is 34.2 Å². The van der Waals surface area contributed by atoms with Crippen molar-refractivity contribution in [3.05, 3.63) is 47.8 Å². The van der Waals surface area contributed by atoms with E-state index in [4.69, 9.17) is 4.74 Å². The third-order valence-electron chi connectivity index (χ3n) is 6.74. The van der Waals surface area contributed by atoms with Gasteiger partial charge in [0.25, 0.3) is 11.8 Å². The molecule has 2 amide bonds. The molecule has 1 fully saturated rings. The minimum Gasteiger partial charge on any atom is -0.433 e. The Kier molecular flexibility index (Phi) is 6.25. The van der Waals surface area contributed by atoms with E-state index >= 15 is 0 Å². The third-order valence-corrected chi connectivity index (χ3v) is 6.74. The number of pyridine rings is 1. The Hall–Kier alpha value is -3.73. The van der Waals surface area contributed by atoms with E-state index in [1.807, 2.05) is 18.5 Å². The molecule has 2 aliphatic heterocycles. The van der Waals surface area contributed by atoms with Crippen LogP contribution in [-0.2, 0) is 0 Å². The lowest BCUT2D eigenvalue weighted by Crippen LogP contribution is -2.50. The summed E-state index contributed by atoms with van der Waals surface area (Å²) in [5.74, 6) is -0.880. The second-order valence-corrected chi connectivity index (χ2v) is 9.39. The van der Waals surface area contributed by atoms with Crippen LogP contribution in [0.3, 0.4) is 0 Å². The van der Waals surface area contributed by atoms with Gasteiger partial charge in [0, 0.05) is 49.4 Å². The number of likely N-dealkylation sites (N-methyl/N-ethyl adjacent to an activating group) is 1.